The van der Waals surface area contributed by atoms with E-state index in [0.717, 1.165) is 22.0 Å². The van der Waals surface area contributed by atoms with Crippen LogP contribution >= 0.6 is 23.8 Å². The summed E-state index contributed by atoms with van der Waals surface area (Å²) >= 11 is 11.7. The average Bonchev–Trinajstić information content (AvgIpc) is 2.60. The van der Waals surface area contributed by atoms with Crippen LogP contribution in [0.3, 0.4) is 0 Å². The molecule has 0 aliphatic carbocycles. The minimum atomic E-state index is 0.00176. The molecule has 0 aliphatic heterocycles. The van der Waals surface area contributed by atoms with E-state index in [1.807, 2.05) is 35.9 Å². The molecule has 2 nitrogen and oxygen atoms in total. The molecule has 0 spiro atoms. The highest BCUT2D eigenvalue weighted by molar-refractivity contribution is 7.71. The van der Waals surface area contributed by atoms with Crippen molar-refractivity contribution in [3.05, 3.63) is 45.4 Å². The number of aromatic nitrogens is 2. The van der Waals surface area contributed by atoms with Crippen molar-refractivity contribution < 1.29 is 0 Å². The number of benzene rings is 1. The van der Waals surface area contributed by atoms with E-state index in [1.165, 1.54) is 0 Å². The van der Waals surface area contributed by atoms with Crippen LogP contribution in [0.4, 0.5) is 0 Å². The summed E-state index contributed by atoms with van der Waals surface area (Å²) in [6.07, 6.45) is 1.96. The SMILES string of the molecule is Cc1ccc(-n2c(C(C)(C)C)c[nH]c2=S)c(Cl)c1. The molecule has 2 rings (SSSR count). The predicted octanol–water partition coefficient (Wildman–Crippen LogP) is 4.79. The zero-order valence-corrected chi connectivity index (χ0v) is 12.6. The van der Waals surface area contributed by atoms with Crippen molar-refractivity contribution in [1.29, 1.82) is 0 Å². The molecule has 0 atom stereocenters. The van der Waals surface area contributed by atoms with Gasteiger partial charge < -0.3 is 4.98 Å². The normalized spacial score (nSPS) is 11.8. The molecule has 2 aromatic rings. The number of hydrogen-bond donors (Lipinski definition) is 1. The molecule has 0 bridgehead atoms. The maximum absolute atomic E-state index is 6.33. The van der Waals surface area contributed by atoms with Crippen molar-refractivity contribution in [3.63, 3.8) is 0 Å². The molecule has 96 valence electrons. The van der Waals surface area contributed by atoms with Crippen LogP contribution in [-0.2, 0) is 5.41 Å². The number of aromatic amines is 1. The Morgan fingerprint density at radius 3 is 2.50 bits per heavy atom. The summed E-state index contributed by atoms with van der Waals surface area (Å²) in [4.78, 5) is 3.10. The molecule has 1 heterocycles. The Kier molecular flexibility index (Phi) is 3.39. The van der Waals surface area contributed by atoms with Crippen molar-refractivity contribution >= 4 is 23.8 Å². The van der Waals surface area contributed by atoms with Gasteiger partial charge in [0.2, 0.25) is 0 Å². The smallest absolute Gasteiger partial charge is 0.182 e. The van der Waals surface area contributed by atoms with Crippen LogP contribution in [-0.4, -0.2) is 9.55 Å². The van der Waals surface area contributed by atoms with E-state index in [9.17, 15) is 0 Å². The first-order valence-corrected chi connectivity index (χ1v) is 6.67. The number of hydrogen-bond acceptors (Lipinski definition) is 1. The van der Waals surface area contributed by atoms with E-state index in [-0.39, 0.29) is 5.41 Å². The van der Waals surface area contributed by atoms with E-state index in [2.05, 4.69) is 25.8 Å². The van der Waals surface area contributed by atoms with Crippen LogP contribution in [0, 0.1) is 11.7 Å². The monoisotopic (exact) mass is 280 g/mol. The number of imidazole rings is 1. The minimum absolute atomic E-state index is 0.00176. The maximum Gasteiger partial charge on any atom is 0.182 e. The van der Waals surface area contributed by atoms with Crippen LogP contribution in [0.1, 0.15) is 32.0 Å². The summed E-state index contributed by atoms with van der Waals surface area (Å²) in [6.45, 7) is 8.49. The zero-order chi connectivity index (χ0) is 13.5. The van der Waals surface area contributed by atoms with Gasteiger partial charge in [0.05, 0.1) is 10.7 Å². The minimum Gasteiger partial charge on any atom is -0.337 e. The number of nitrogens with one attached hydrogen (secondary N) is 1. The van der Waals surface area contributed by atoms with Gasteiger partial charge in [0.25, 0.3) is 0 Å². The Morgan fingerprint density at radius 2 is 1.94 bits per heavy atom. The van der Waals surface area contributed by atoms with Crippen LogP contribution in [0.25, 0.3) is 5.69 Å². The summed E-state index contributed by atoms with van der Waals surface area (Å²) in [5, 5.41) is 0.719. The highest BCUT2D eigenvalue weighted by Crippen LogP contribution is 2.29. The number of nitrogens with zero attached hydrogens (tertiary/aromatic N) is 1. The number of aryl methyl sites for hydroxylation is 1. The van der Waals surface area contributed by atoms with Crippen LogP contribution < -0.4 is 0 Å². The molecule has 0 fully saturated rings. The molecule has 0 saturated heterocycles. The van der Waals surface area contributed by atoms with Crippen molar-refractivity contribution in [2.24, 2.45) is 0 Å². The second kappa shape index (κ2) is 4.56. The molecule has 0 radical (unpaired) electrons. The Hall–Kier alpha value is -1.06. The molecule has 18 heavy (non-hydrogen) atoms. The molecule has 0 saturated carbocycles. The third-order valence-corrected chi connectivity index (χ3v) is 3.49. The van der Waals surface area contributed by atoms with Crippen molar-refractivity contribution in [3.8, 4) is 5.69 Å². The zero-order valence-electron chi connectivity index (χ0n) is 11.0. The summed E-state index contributed by atoms with van der Waals surface area (Å²) in [7, 11) is 0. The molecule has 0 aliphatic rings. The van der Waals surface area contributed by atoms with Gasteiger partial charge in [-0.25, -0.2) is 0 Å². The van der Waals surface area contributed by atoms with E-state index in [0.29, 0.717) is 4.77 Å². The molecule has 4 heteroatoms. The lowest BCUT2D eigenvalue weighted by Gasteiger charge is -2.21. The second-order valence-corrected chi connectivity index (χ2v) is 6.31. The van der Waals surface area contributed by atoms with Crippen LogP contribution in [0.2, 0.25) is 5.02 Å². The van der Waals surface area contributed by atoms with Gasteiger partial charge in [0.1, 0.15) is 0 Å². The summed E-state index contributed by atoms with van der Waals surface area (Å²) in [5.74, 6) is 0. The first kappa shape index (κ1) is 13.4. The van der Waals surface area contributed by atoms with Crippen molar-refractivity contribution in [2.45, 2.75) is 33.1 Å². The average molecular weight is 281 g/mol. The van der Waals surface area contributed by atoms with Gasteiger partial charge in [-0.1, -0.05) is 38.4 Å². The fraction of sp³-hybridized carbons (Fsp3) is 0.357. The topological polar surface area (TPSA) is 20.7 Å². The van der Waals surface area contributed by atoms with Gasteiger partial charge >= 0.3 is 0 Å². The van der Waals surface area contributed by atoms with E-state index < -0.39 is 0 Å². The summed E-state index contributed by atoms with van der Waals surface area (Å²) in [5.41, 5.74) is 3.20. The third kappa shape index (κ3) is 2.38. The largest absolute Gasteiger partial charge is 0.337 e. The summed E-state index contributed by atoms with van der Waals surface area (Å²) < 4.78 is 2.68. The quantitative estimate of drug-likeness (QED) is 0.745. The van der Waals surface area contributed by atoms with Gasteiger partial charge in [0.15, 0.2) is 4.77 Å². The Labute approximate surface area is 118 Å². The molecule has 0 unspecified atom stereocenters. The lowest BCUT2D eigenvalue weighted by molar-refractivity contribution is 0.556. The molecular formula is C14H17ClN2S. The predicted molar refractivity (Wildman–Crippen MR) is 79.4 cm³/mol. The highest BCUT2D eigenvalue weighted by atomic mass is 35.5. The van der Waals surface area contributed by atoms with Gasteiger partial charge in [-0.3, -0.25) is 4.57 Å². The molecule has 0 amide bonds. The summed E-state index contributed by atoms with van der Waals surface area (Å²) in [6, 6.07) is 6.01. The number of halogens is 1. The molecule has 1 N–H and O–H groups in total. The fourth-order valence-electron chi connectivity index (χ4n) is 1.95. The number of rotatable bonds is 1. The van der Waals surface area contributed by atoms with E-state index in [4.69, 9.17) is 23.8 Å². The van der Waals surface area contributed by atoms with Gasteiger partial charge in [0, 0.05) is 17.3 Å². The van der Waals surface area contributed by atoms with Gasteiger partial charge in [-0.05, 0) is 36.8 Å². The first-order chi connectivity index (χ1) is 8.30. The molecule has 1 aromatic carbocycles. The van der Waals surface area contributed by atoms with Crippen LogP contribution in [0.15, 0.2) is 24.4 Å². The van der Waals surface area contributed by atoms with Gasteiger partial charge in [-0.2, -0.15) is 0 Å². The van der Waals surface area contributed by atoms with Crippen molar-refractivity contribution in [2.75, 3.05) is 0 Å². The second-order valence-electron chi connectivity index (χ2n) is 5.52. The van der Waals surface area contributed by atoms with Crippen molar-refractivity contribution in [1.82, 2.24) is 9.55 Å². The molecular weight excluding hydrogens is 264 g/mol. The Bertz CT molecular complexity index is 632. The van der Waals surface area contributed by atoms with Gasteiger partial charge in [-0.15, -0.1) is 0 Å². The first-order valence-electron chi connectivity index (χ1n) is 5.88. The lowest BCUT2D eigenvalue weighted by Crippen LogP contribution is -2.17. The Balaban J connectivity index is 2.71. The fourth-order valence-corrected chi connectivity index (χ4v) is 2.53. The highest BCUT2D eigenvalue weighted by Gasteiger charge is 2.21. The van der Waals surface area contributed by atoms with E-state index in [1.54, 1.807) is 0 Å². The maximum atomic E-state index is 6.33. The van der Waals surface area contributed by atoms with E-state index >= 15 is 0 Å². The third-order valence-electron chi connectivity index (χ3n) is 2.89. The number of H-pyrrole nitrogens is 1. The lowest BCUT2D eigenvalue weighted by atomic mass is 9.92. The van der Waals surface area contributed by atoms with Crippen LogP contribution in [0.5, 0.6) is 0 Å². The molecule has 1 aromatic heterocycles. The standard InChI is InChI=1S/C14H17ClN2S/c1-9-5-6-11(10(15)7-9)17-12(14(2,3)4)8-16-13(17)18/h5-8H,1-4H3,(H,16,18). The Morgan fingerprint density at radius 1 is 1.28 bits per heavy atom.